The van der Waals surface area contributed by atoms with Crippen LogP contribution in [-0.2, 0) is 15.5 Å². The van der Waals surface area contributed by atoms with Crippen LogP contribution in [0.15, 0.2) is 40.6 Å². The van der Waals surface area contributed by atoms with E-state index in [1.165, 1.54) is 17.4 Å². The molecule has 0 N–H and O–H groups in total. The second-order valence-electron chi connectivity index (χ2n) is 4.37. The summed E-state index contributed by atoms with van der Waals surface area (Å²) in [6.45, 7) is 0.245. The monoisotopic (exact) mass is 342 g/mol. The van der Waals surface area contributed by atoms with Crippen molar-refractivity contribution in [2.24, 2.45) is 0 Å². The Morgan fingerprint density at radius 3 is 2.86 bits per heavy atom. The van der Waals surface area contributed by atoms with Crippen LogP contribution < -0.4 is 9.47 Å². The topological polar surface area (TPSA) is 52.6 Å². The first-order valence-corrected chi connectivity index (χ1v) is 9.30. The lowest BCUT2D eigenvalue weighted by molar-refractivity contribution is 0.174. The molecule has 0 radical (unpaired) electrons. The molecule has 4 nitrogen and oxygen atoms in total. The van der Waals surface area contributed by atoms with Gasteiger partial charge in [-0.3, -0.25) is 0 Å². The Balaban J connectivity index is 1.75. The van der Waals surface area contributed by atoms with E-state index in [0.717, 1.165) is 21.9 Å². The largest absolute Gasteiger partial charge is 0.454 e. The molecule has 0 bridgehead atoms. The summed E-state index contributed by atoms with van der Waals surface area (Å²) in [5.74, 6) is 1.46. The molecule has 7 heteroatoms. The number of allylic oxidation sites excluding steroid dienone is 1. The molecule has 3 rings (SSSR count). The van der Waals surface area contributed by atoms with Crippen molar-refractivity contribution < 1.29 is 17.9 Å². The number of hydrogen-bond acceptors (Lipinski definition) is 5. The highest BCUT2D eigenvalue weighted by molar-refractivity contribution is 8.13. The lowest BCUT2D eigenvalue weighted by atomic mass is 10.1. The van der Waals surface area contributed by atoms with Gasteiger partial charge in [0, 0.05) is 22.0 Å². The number of fused-ring (bicyclic) bond motifs is 1. The Morgan fingerprint density at radius 2 is 2.05 bits per heavy atom. The molecule has 0 atom stereocenters. The Bertz CT molecular complexity index is 793. The van der Waals surface area contributed by atoms with Crippen molar-refractivity contribution in [3.05, 3.63) is 46.2 Å². The third-order valence-corrected chi connectivity index (χ3v) is 5.46. The standard InChI is InChI=1S/C14H11ClO4S2/c15-21(16,17)14-6-7-20-13(14)3-1-2-10-4-5-11-12(8-10)19-9-18-11/h1-2,4-8H,3,9H2/b2-1+. The first-order chi connectivity index (χ1) is 10.0. The minimum Gasteiger partial charge on any atom is -0.454 e. The molecule has 1 aromatic carbocycles. The smallest absolute Gasteiger partial charge is 0.262 e. The van der Waals surface area contributed by atoms with Crippen LogP contribution in [0.3, 0.4) is 0 Å². The second kappa shape index (κ2) is 5.71. The molecule has 0 unspecified atom stereocenters. The SMILES string of the molecule is O=S(=O)(Cl)c1ccsc1C/C=C/c1ccc2c(c1)OCO2. The Morgan fingerprint density at radius 1 is 1.24 bits per heavy atom. The molecule has 0 saturated heterocycles. The van der Waals surface area contributed by atoms with Crippen LogP contribution in [0.25, 0.3) is 6.08 Å². The molecule has 0 aliphatic carbocycles. The fraction of sp³-hybridized carbons (Fsp3) is 0.143. The van der Waals surface area contributed by atoms with Crippen LogP contribution in [0, 0.1) is 0 Å². The van der Waals surface area contributed by atoms with Crippen molar-refractivity contribution in [3.63, 3.8) is 0 Å². The third-order valence-electron chi connectivity index (χ3n) is 2.98. The van der Waals surface area contributed by atoms with Crippen molar-refractivity contribution in [2.45, 2.75) is 11.3 Å². The van der Waals surface area contributed by atoms with E-state index >= 15 is 0 Å². The summed E-state index contributed by atoms with van der Waals surface area (Å²) < 4.78 is 33.3. The summed E-state index contributed by atoms with van der Waals surface area (Å²) in [6, 6.07) is 7.17. The highest BCUT2D eigenvalue weighted by Gasteiger charge is 2.16. The molecule has 0 fully saturated rings. The van der Waals surface area contributed by atoms with Crippen molar-refractivity contribution in [1.29, 1.82) is 0 Å². The van der Waals surface area contributed by atoms with E-state index in [2.05, 4.69) is 0 Å². The van der Waals surface area contributed by atoms with Gasteiger partial charge in [0.05, 0.1) is 4.90 Å². The minimum atomic E-state index is -3.68. The lowest BCUT2D eigenvalue weighted by Crippen LogP contribution is -1.92. The summed E-state index contributed by atoms with van der Waals surface area (Å²) in [5.41, 5.74) is 0.964. The average molecular weight is 343 g/mol. The van der Waals surface area contributed by atoms with E-state index in [1.54, 1.807) is 5.38 Å². The van der Waals surface area contributed by atoms with E-state index in [-0.39, 0.29) is 11.7 Å². The number of thiophene rings is 1. The zero-order chi connectivity index (χ0) is 14.9. The van der Waals surface area contributed by atoms with Crippen molar-refractivity contribution in [1.82, 2.24) is 0 Å². The summed E-state index contributed by atoms with van der Waals surface area (Å²) >= 11 is 1.37. The van der Waals surface area contributed by atoms with E-state index in [1.807, 2.05) is 30.4 Å². The van der Waals surface area contributed by atoms with Gasteiger partial charge in [-0.15, -0.1) is 11.3 Å². The van der Waals surface area contributed by atoms with Crippen LogP contribution >= 0.6 is 22.0 Å². The van der Waals surface area contributed by atoms with Gasteiger partial charge in [0.15, 0.2) is 11.5 Å². The van der Waals surface area contributed by atoms with Gasteiger partial charge in [-0.05, 0) is 29.1 Å². The molecule has 0 saturated carbocycles. The Hall–Kier alpha value is -1.50. The highest BCUT2D eigenvalue weighted by Crippen LogP contribution is 2.33. The quantitative estimate of drug-likeness (QED) is 0.796. The molecular formula is C14H11ClO4S2. The molecule has 2 aromatic rings. The molecule has 2 heterocycles. The summed E-state index contributed by atoms with van der Waals surface area (Å²) in [4.78, 5) is 0.909. The van der Waals surface area contributed by atoms with Gasteiger partial charge < -0.3 is 9.47 Å². The van der Waals surface area contributed by atoms with Gasteiger partial charge in [0.2, 0.25) is 6.79 Å². The molecule has 1 aromatic heterocycles. The van der Waals surface area contributed by atoms with Gasteiger partial charge in [-0.2, -0.15) is 0 Å². The number of hydrogen-bond donors (Lipinski definition) is 0. The van der Waals surface area contributed by atoms with Crippen LogP contribution in [0.2, 0.25) is 0 Å². The molecule has 21 heavy (non-hydrogen) atoms. The summed E-state index contributed by atoms with van der Waals surface area (Å²) in [7, 11) is 1.71. The highest BCUT2D eigenvalue weighted by atomic mass is 35.7. The van der Waals surface area contributed by atoms with E-state index < -0.39 is 9.05 Å². The predicted molar refractivity (Wildman–Crippen MR) is 82.7 cm³/mol. The van der Waals surface area contributed by atoms with Crippen molar-refractivity contribution >= 4 is 37.1 Å². The first kappa shape index (κ1) is 14.4. The van der Waals surface area contributed by atoms with Crippen molar-refractivity contribution in [3.8, 4) is 11.5 Å². The van der Waals surface area contributed by atoms with Gasteiger partial charge in [-0.1, -0.05) is 18.2 Å². The number of rotatable bonds is 4. The molecule has 110 valence electrons. The van der Waals surface area contributed by atoms with E-state index in [0.29, 0.717) is 6.42 Å². The summed E-state index contributed by atoms with van der Waals surface area (Å²) in [6.07, 6.45) is 4.31. The molecule has 1 aliphatic heterocycles. The van der Waals surface area contributed by atoms with Gasteiger partial charge in [-0.25, -0.2) is 8.42 Å². The van der Waals surface area contributed by atoms with Crippen LogP contribution in [0.1, 0.15) is 10.4 Å². The predicted octanol–water partition coefficient (Wildman–Crippen LogP) is 3.66. The molecule has 0 amide bonds. The van der Waals surface area contributed by atoms with E-state index in [4.69, 9.17) is 20.2 Å². The van der Waals surface area contributed by atoms with Gasteiger partial charge >= 0.3 is 0 Å². The third kappa shape index (κ3) is 3.23. The zero-order valence-corrected chi connectivity index (χ0v) is 13.2. The van der Waals surface area contributed by atoms with Crippen LogP contribution in [0.4, 0.5) is 0 Å². The fourth-order valence-electron chi connectivity index (χ4n) is 2.01. The van der Waals surface area contributed by atoms with Gasteiger partial charge in [0.1, 0.15) is 0 Å². The number of halogens is 1. The van der Waals surface area contributed by atoms with Crippen molar-refractivity contribution in [2.75, 3.05) is 6.79 Å². The molecule has 0 spiro atoms. The number of ether oxygens (including phenoxy) is 2. The maximum Gasteiger partial charge on any atom is 0.262 e. The first-order valence-electron chi connectivity index (χ1n) is 6.11. The Kier molecular flexibility index (Phi) is 3.93. The number of benzene rings is 1. The average Bonchev–Trinajstić information content (AvgIpc) is 3.05. The Labute approximate surface area is 131 Å². The molecule has 1 aliphatic rings. The minimum absolute atomic E-state index is 0.185. The maximum absolute atomic E-state index is 11.4. The summed E-state index contributed by atoms with van der Waals surface area (Å²) in [5, 5.41) is 1.72. The second-order valence-corrected chi connectivity index (χ2v) is 7.90. The van der Waals surface area contributed by atoms with Gasteiger partial charge in [0.25, 0.3) is 9.05 Å². The normalized spacial score (nSPS) is 14.0. The maximum atomic E-state index is 11.4. The van der Waals surface area contributed by atoms with Crippen LogP contribution in [0.5, 0.6) is 11.5 Å². The zero-order valence-electron chi connectivity index (χ0n) is 10.8. The van der Waals surface area contributed by atoms with Crippen LogP contribution in [-0.4, -0.2) is 15.2 Å². The van der Waals surface area contributed by atoms with E-state index in [9.17, 15) is 8.42 Å². The molecular weight excluding hydrogens is 332 g/mol. The fourth-order valence-corrected chi connectivity index (χ4v) is 4.48. The lowest BCUT2D eigenvalue weighted by Gasteiger charge is -1.98.